The zero-order valence-electron chi connectivity index (χ0n) is 14.8. The van der Waals surface area contributed by atoms with Crippen molar-refractivity contribution in [2.45, 2.75) is 39.4 Å². The predicted octanol–water partition coefficient (Wildman–Crippen LogP) is 2.06. The number of aliphatic hydroxyl groups is 1. The molecule has 25 heavy (non-hydrogen) atoms. The highest BCUT2D eigenvalue weighted by Gasteiger charge is 2.49. The topological polar surface area (TPSA) is 89.9 Å². The lowest BCUT2D eigenvalue weighted by Crippen LogP contribution is -2.46. The van der Waals surface area contributed by atoms with Gasteiger partial charge in [0.2, 0.25) is 0 Å². The molecular weight excluding hydrogens is 348 g/mol. The quantitative estimate of drug-likeness (QED) is 0.767. The van der Waals surface area contributed by atoms with E-state index in [9.17, 15) is 19.5 Å². The van der Waals surface area contributed by atoms with Gasteiger partial charge in [-0.1, -0.05) is 31.5 Å². The van der Waals surface area contributed by atoms with Gasteiger partial charge in [-0.3, -0.25) is 9.59 Å². The summed E-state index contributed by atoms with van der Waals surface area (Å²) in [6, 6.07) is 0. The summed E-state index contributed by atoms with van der Waals surface area (Å²) >= 11 is 6.31. The van der Waals surface area contributed by atoms with Crippen LogP contribution in [-0.2, 0) is 23.9 Å². The van der Waals surface area contributed by atoms with Crippen molar-refractivity contribution in [2.75, 3.05) is 7.11 Å². The number of ether oxygens (including phenoxy) is 2. The summed E-state index contributed by atoms with van der Waals surface area (Å²) in [5.74, 6) is -2.19. The lowest BCUT2D eigenvalue weighted by atomic mass is 9.62. The molecule has 0 saturated heterocycles. The average Bonchev–Trinajstić information content (AvgIpc) is 2.52. The number of halogens is 1. The highest BCUT2D eigenvalue weighted by Crippen LogP contribution is 2.51. The average molecular weight is 369 g/mol. The third-order valence-corrected chi connectivity index (χ3v) is 5.31. The number of ketones is 1. The molecule has 2 rings (SSSR count). The molecule has 136 valence electrons. The second kappa shape index (κ2) is 6.42. The van der Waals surface area contributed by atoms with Crippen LogP contribution >= 0.6 is 11.6 Å². The Hall–Kier alpha value is -1.92. The number of carbonyl (C=O) groups excluding carboxylic acids is 3. The van der Waals surface area contributed by atoms with Gasteiger partial charge in [-0.05, 0) is 24.6 Å². The van der Waals surface area contributed by atoms with Crippen molar-refractivity contribution in [1.82, 2.24) is 0 Å². The van der Waals surface area contributed by atoms with E-state index in [4.69, 9.17) is 16.3 Å². The monoisotopic (exact) mass is 368 g/mol. The molecule has 4 atom stereocenters. The van der Waals surface area contributed by atoms with Gasteiger partial charge < -0.3 is 14.6 Å². The molecule has 0 saturated carbocycles. The van der Waals surface area contributed by atoms with E-state index in [1.54, 1.807) is 6.08 Å². The molecule has 6 nitrogen and oxygen atoms in total. The Labute approximate surface area is 151 Å². The Morgan fingerprint density at radius 2 is 2.00 bits per heavy atom. The molecule has 0 aromatic heterocycles. The highest BCUT2D eigenvalue weighted by molar-refractivity contribution is 6.33. The summed E-state index contributed by atoms with van der Waals surface area (Å²) in [5.41, 5.74) is -2.45. The van der Waals surface area contributed by atoms with E-state index >= 15 is 0 Å². The summed E-state index contributed by atoms with van der Waals surface area (Å²) in [6.07, 6.45) is 3.83. The first-order valence-electron chi connectivity index (χ1n) is 7.80. The van der Waals surface area contributed by atoms with Crippen molar-refractivity contribution >= 4 is 29.3 Å². The second-order valence-electron chi connectivity index (χ2n) is 6.70. The molecule has 0 heterocycles. The minimum atomic E-state index is -2.10. The molecule has 0 bridgehead atoms. The standard InChI is InChI=1S/C18H21ClO6/c1-9-15(25-10(2)20)7-13(19)11-6-14(21)12(8-17(9,11)3)18(4,23)16(22)24-5/h6-9,15,23H,1-5H3/t9-,15-,17+,18?/m0/s1. The summed E-state index contributed by atoms with van der Waals surface area (Å²) in [4.78, 5) is 35.7. The molecule has 0 spiro atoms. The van der Waals surface area contributed by atoms with Crippen LogP contribution in [0.4, 0.5) is 0 Å². The van der Waals surface area contributed by atoms with Crippen LogP contribution in [0.2, 0.25) is 0 Å². The smallest absolute Gasteiger partial charge is 0.342 e. The first-order chi connectivity index (χ1) is 11.4. The Morgan fingerprint density at radius 1 is 1.40 bits per heavy atom. The molecule has 1 unspecified atom stereocenters. The van der Waals surface area contributed by atoms with Gasteiger partial charge in [0, 0.05) is 28.9 Å². The number of hydrogen-bond acceptors (Lipinski definition) is 6. The van der Waals surface area contributed by atoms with E-state index in [-0.39, 0.29) is 11.5 Å². The molecule has 7 heteroatoms. The van der Waals surface area contributed by atoms with E-state index in [0.29, 0.717) is 10.6 Å². The van der Waals surface area contributed by atoms with Crippen LogP contribution in [0, 0.1) is 11.3 Å². The van der Waals surface area contributed by atoms with Gasteiger partial charge in [-0.25, -0.2) is 4.79 Å². The zero-order valence-corrected chi connectivity index (χ0v) is 15.5. The number of esters is 2. The van der Waals surface area contributed by atoms with E-state index in [1.165, 1.54) is 26.0 Å². The first-order valence-corrected chi connectivity index (χ1v) is 8.18. The zero-order chi connectivity index (χ0) is 19.2. The number of carbonyl (C=O) groups is 3. The van der Waals surface area contributed by atoms with Crippen LogP contribution in [-0.4, -0.2) is 41.6 Å². The number of rotatable bonds is 3. The molecule has 0 aromatic carbocycles. The van der Waals surface area contributed by atoms with Crippen LogP contribution in [0.15, 0.2) is 34.4 Å². The van der Waals surface area contributed by atoms with E-state index in [2.05, 4.69) is 4.74 Å². The lowest BCUT2D eigenvalue weighted by molar-refractivity contribution is -0.157. The maximum atomic E-state index is 12.5. The number of hydrogen-bond donors (Lipinski definition) is 1. The Kier molecular flexibility index (Phi) is 4.99. The minimum Gasteiger partial charge on any atom is -0.467 e. The maximum Gasteiger partial charge on any atom is 0.342 e. The van der Waals surface area contributed by atoms with Crippen molar-refractivity contribution in [3.8, 4) is 0 Å². The number of fused-ring (bicyclic) bond motifs is 1. The van der Waals surface area contributed by atoms with Crippen molar-refractivity contribution in [3.63, 3.8) is 0 Å². The molecule has 0 fully saturated rings. The fourth-order valence-corrected chi connectivity index (χ4v) is 3.63. The second-order valence-corrected chi connectivity index (χ2v) is 7.11. The van der Waals surface area contributed by atoms with Crippen molar-refractivity contribution in [2.24, 2.45) is 11.3 Å². The number of methoxy groups -OCH3 is 1. The van der Waals surface area contributed by atoms with Crippen molar-refractivity contribution < 1.29 is 29.0 Å². The van der Waals surface area contributed by atoms with Gasteiger partial charge in [-0.15, -0.1) is 0 Å². The van der Waals surface area contributed by atoms with E-state index in [0.717, 1.165) is 7.11 Å². The van der Waals surface area contributed by atoms with Gasteiger partial charge in [0.1, 0.15) is 6.10 Å². The predicted molar refractivity (Wildman–Crippen MR) is 90.6 cm³/mol. The minimum absolute atomic E-state index is 0.0922. The van der Waals surface area contributed by atoms with Crippen molar-refractivity contribution in [3.05, 3.63) is 34.4 Å². The molecule has 0 radical (unpaired) electrons. The van der Waals surface area contributed by atoms with Gasteiger partial charge in [-0.2, -0.15) is 0 Å². The van der Waals surface area contributed by atoms with E-state index in [1.807, 2.05) is 13.8 Å². The molecule has 0 aromatic rings. The van der Waals surface area contributed by atoms with Gasteiger partial charge in [0.05, 0.1) is 7.11 Å². The van der Waals surface area contributed by atoms with Crippen LogP contribution in [0.1, 0.15) is 27.7 Å². The fraction of sp³-hybridized carbons (Fsp3) is 0.500. The number of allylic oxidation sites excluding steroid dienone is 4. The highest BCUT2D eigenvalue weighted by atomic mass is 35.5. The van der Waals surface area contributed by atoms with Crippen LogP contribution in [0.25, 0.3) is 0 Å². The molecule has 2 aliphatic rings. The van der Waals surface area contributed by atoms with Crippen LogP contribution < -0.4 is 0 Å². The maximum absolute atomic E-state index is 12.5. The third kappa shape index (κ3) is 3.16. The summed E-state index contributed by atoms with van der Waals surface area (Å²) in [6.45, 7) is 6.17. The van der Waals surface area contributed by atoms with Crippen LogP contribution in [0.3, 0.4) is 0 Å². The Bertz CT molecular complexity index is 730. The molecular formula is C18H21ClO6. The summed E-state index contributed by atoms with van der Waals surface area (Å²) in [5, 5.41) is 10.8. The van der Waals surface area contributed by atoms with Gasteiger partial charge in [0.15, 0.2) is 11.4 Å². The Morgan fingerprint density at radius 3 is 2.52 bits per heavy atom. The fourth-order valence-electron chi connectivity index (χ4n) is 3.25. The van der Waals surface area contributed by atoms with E-state index < -0.39 is 34.8 Å². The third-order valence-electron chi connectivity index (χ3n) is 4.98. The van der Waals surface area contributed by atoms with Gasteiger partial charge >= 0.3 is 11.9 Å². The summed E-state index contributed by atoms with van der Waals surface area (Å²) < 4.78 is 9.91. The van der Waals surface area contributed by atoms with Crippen LogP contribution in [0.5, 0.6) is 0 Å². The normalized spacial score (nSPS) is 31.0. The van der Waals surface area contributed by atoms with Gasteiger partial charge in [0.25, 0.3) is 0 Å². The molecule has 2 aliphatic carbocycles. The molecule has 0 aliphatic heterocycles. The SMILES string of the molecule is COC(=O)C(C)(O)C1=C[C@@]2(C)C(=CC1=O)C(Cl)=C[C@H](OC(C)=O)[C@@H]2C. The summed E-state index contributed by atoms with van der Waals surface area (Å²) in [7, 11) is 1.13. The Balaban J connectivity index is 2.58. The lowest BCUT2D eigenvalue weighted by Gasteiger charge is -2.44. The first kappa shape index (κ1) is 19.4. The largest absolute Gasteiger partial charge is 0.467 e. The molecule has 1 N–H and O–H groups in total. The molecule has 0 amide bonds. The van der Waals surface area contributed by atoms with Crippen molar-refractivity contribution in [1.29, 1.82) is 0 Å².